The molecule has 1 atom stereocenters. The van der Waals surface area contributed by atoms with Crippen molar-refractivity contribution in [1.29, 1.82) is 0 Å². The summed E-state index contributed by atoms with van der Waals surface area (Å²) >= 11 is 5.97. The second kappa shape index (κ2) is 7.66. The van der Waals surface area contributed by atoms with Crippen LogP contribution in [0.5, 0.6) is 11.5 Å². The number of benzene rings is 2. The summed E-state index contributed by atoms with van der Waals surface area (Å²) in [6, 6.07) is 12.9. The largest absolute Gasteiger partial charge is 0.497 e. The first-order valence-corrected chi connectivity index (χ1v) is 8.55. The molecule has 1 aliphatic rings. The lowest BCUT2D eigenvalue weighted by Crippen LogP contribution is -2.34. The van der Waals surface area contributed by atoms with Gasteiger partial charge in [-0.3, -0.25) is 0 Å². The summed E-state index contributed by atoms with van der Waals surface area (Å²) in [5.74, 6) is 1.25. The zero-order chi connectivity index (χ0) is 17.8. The van der Waals surface area contributed by atoms with Crippen LogP contribution in [0.1, 0.15) is 24.4 Å². The molecule has 1 heterocycles. The van der Waals surface area contributed by atoms with Crippen LogP contribution in [-0.4, -0.2) is 31.7 Å². The quantitative estimate of drug-likeness (QED) is 0.857. The van der Waals surface area contributed by atoms with E-state index in [0.29, 0.717) is 28.8 Å². The number of nitrogens with zero attached hydrogens (tertiary/aromatic N) is 1. The monoisotopic (exact) mass is 360 g/mol. The second-order valence-corrected chi connectivity index (χ2v) is 6.34. The molecule has 1 saturated heterocycles. The van der Waals surface area contributed by atoms with Gasteiger partial charge in [0.05, 0.1) is 25.9 Å². The summed E-state index contributed by atoms with van der Waals surface area (Å²) in [6.45, 7) is 0.714. The van der Waals surface area contributed by atoms with Gasteiger partial charge >= 0.3 is 6.03 Å². The molecule has 2 amide bonds. The molecule has 2 aromatic carbocycles. The van der Waals surface area contributed by atoms with Crippen molar-refractivity contribution in [2.75, 3.05) is 26.1 Å². The van der Waals surface area contributed by atoms with Gasteiger partial charge < -0.3 is 19.7 Å². The molecular formula is C19H21ClN2O3. The van der Waals surface area contributed by atoms with E-state index in [1.54, 1.807) is 32.4 Å². The SMILES string of the molecule is COc1ccc(OC)c(NC(=O)N2CCC[C@@H]2c2ccc(Cl)cc2)c1. The number of halogens is 1. The van der Waals surface area contributed by atoms with E-state index >= 15 is 0 Å². The smallest absolute Gasteiger partial charge is 0.322 e. The molecule has 132 valence electrons. The first-order valence-electron chi connectivity index (χ1n) is 8.17. The zero-order valence-corrected chi connectivity index (χ0v) is 15.0. The highest BCUT2D eigenvalue weighted by atomic mass is 35.5. The fourth-order valence-corrected chi connectivity index (χ4v) is 3.27. The third-order valence-electron chi connectivity index (χ3n) is 4.42. The number of amides is 2. The molecule has 0 saturated carbocycles. The first-order chi connectivity index (χ1) is 12.1. The number of anilines is 1. The minimum absolute atomic E-state index is 0.0499. The van der Waals surface area contributed by atoms with Crippen LogP contribution in [0.15, 0.2) is 42.5 Å². The van der Waals surface area contributed by atoms with Crippen molar-refractivity contribution in [1.82, 2.24) is 4.90 Å². The van der Waals surface area contributed by atoms with Crippen molar-refractivity contribution in [3.63, 3.8) is 0 Å². The van der Waals surface area contributed by atoms with Crippen molar-refractivity contribution in [2.24, 2.45) is 0 Å². The summed E-state index contributed by atoms with van der Waals surface area (Å²) < 4.78 is 10.6. The highest BCUT2D eigenvalue weighted by molar-refractivity contribution is 6.30. The van der Waals surface area contributed by atoms with E-state index in [0.717, 1.165) is 18.4 Å². The van der Waals surface area contributed by atoms with Crippen LogP contribution in [0.2, 0.25) is 5.02 Å². The summed E-state index contributed by atoms with van der Waals surface area (Å²) in [5, 5.41) is 3.64. The van der Waals surface area contributed by atoms with Gasteiger partial charge in [-0.1, -0.05) is 23.7 Å². The van der Waals surface area contributed by atoms with Crippen LogP contribution >= 0.6 is 11.6 Å². The van der Waals surface area contributed by atoms with Crippen LogP contribution < -0.4 is 14.8 Å². The number of urea groups is 1. The Labute approximate surface area is 152 Å². The number of ether oxygens (including phenoxy) is 2. The molecule has 25 heavy (non-hydrogen) atoms. The van der Waals surface area contributed by atoms with Crippen molar-refractivity contribution in [3.05, 3.63) is 53.1 Å². The topological polar surface area (TPSA) is 50.8 Å². The van der Waals surface area contributed by atoms with Gasteiger partial charge in [0.25, 0.3) is 0 Å². The van der Waals surface area contributed by atoms with E-state index in [2.05, 4.69) is 5.32 Å². The van der Waals surface area contributed by atoms with Gasteiger partial charge in [-0.15, -0.1) is 0 Å². The minimum atomic E-state index is -0.149. The third-order valence-corrected chi connectivity index (χ3v) is 4.67. The van der Waals surface area contributed by atoms with Gasteiger partial charge in [0.2, 0.25) is 0 Å². The molecule has 1 aliphatic heterocycles. The molecule has 0 aliphatic carbocycles. The lowest BCUT2D eigenvalue weighted by molar-refractivity contribution is 0.207. The predicted molar refractivity (Wildman–Crippen MR) is 98.7 cm³/mol. The van der Waals surface area contributed by atoms with E-state index in [-0.39, 0.29) is 12.1 Å². The van der Waals surface area contributed by atoms with Gasteiger partial charge in [-0.05, 0) is 42.7 Å². The van der Waals surface area contributed by atoms with Crippen LogP contribution in [0.25, 0.3) is 0 Å². The fraction of sp³-hybridized carbons (Fsp3) is 0.316. The van der Waals surface area contributed by atoms with Crippen LogP contribution in [0.4, 0.5) is 10.5 Å². The summed E-state index contributed by atoms with van der Waals surface area (Å²) in [5.41, 5.74) is 1.68. The average molecular weight is 361 g/mol. The normalized spacial score (nSPS) is 16.6. The van der Waals surface area contributed by atoms with Gasteiger partial charge in [0.1, 0.15) is 11.5 Å². The molecular weight excluding hydrogens is 340 g/mol. The van der Waals surface area contributed by atoms with E-state index in [4.69, 9.17) is 21.1 Å². The Balaban J connectivity index is 1.79. The van der Waals surface area contributed by atoms with Crippen LogP contribution in [0, 0.1) is 0 Å². The maximum Gasteiger partial charge on any atom is 0.322 e. The first kappa shape index (κ1) is 17.4. The van der Waals surface area contributed by atoms with Gasteiger partial charge in [-0.25, -0.2) is 4.79 Å². The fourth-order valence-electron chi connectivity index (χ4n) is 3.14. The summed E-state index contributed by atoms with van der Waals surface area (Å²) in [7, 11) is 3.16. The molecule has 2 aromatic rings. The lowest BCUT2D eigenvalue weighted by atomic mass is 10.1. The number of hydrogen-bond donors (Lipinski definition) is 1. The highest BCUT2D eigenvalue weighted by Gasteiger charge is 2.30. The number of hydrogen-bond acceptors (Lipinski definition) is 3. The number of nitrogens with one attached hydrogen (secondary N) is 1. The molecule has 0 aromatic heterocycles. The van der Waals surface area contributed by atoms with Crippen LogP contribution in [-0.2, 0) is 0 Å². The molecule has 1 fully saturated rings. The Morgan fingerprint density at radius 1 is 1.16 bits per heavy atom. The number of methoxy groups -OCH3 is 2. The highest BCUT2D eigenvalue weighted by Crippen LogP contribution is 2.34. The van der Waals surface area contributed by atoms with E-state index in [1.807, 2.05) is 29.2 Å². The number of carbonyl (C=O) groups is 1. The lowest BCUT2D eigenvalue weighted by Gasteiger charge is -2.26. The van der Waals surface area contributed by atoms with E-state index < -0.39 is 0 Å². The Hall–Kier alpha value is -2.40. The number of carbonyl (C=O) groups excluding carboxylic acids is 1. The maximum atomic E-state index is 12.8. The molecule has 1 N–H and O–H groups in total. The van der Waals surface area contributed by atoms with Crippen molar-refractivity contribution in [3.8, 4) is 11.5 Å². The Bertz CT molecular complexity index is 749. The van der Waals surface area contributed by atoms with Gasteiger partial charge in [0, 0.05) is 17.6 Å². The predicted octanol–water partition coefficient (Wildman–Crippen LogP) is 4.73. The Morgan fingerprint density at radius 2 is 1.92 bits per heavy atom. The van der Waals surface area contributed by atoms with E-state index in [9.17, 15) is 4.79 Å². The van der Waals surface area contributed by atoms with Crippen LogP contribution in [0.3, 0.4) is 0 Å². The van der Waals surface area contributed by atoms with Gasteiger partial charge in [-0.2, -0.15) is 0 Å². The zero-order valence-electron chi connectivity index (χ0n) is 14.3. The molecule has 0 radical (unpaired) electrons. The Kier molecular flexibility index (Phi) is 5.34. The number of likely N-dealkylation sites (tertiary alicyclic amines) is 1. The molecule has 5 nitrogen and oxygen atoms in total. The summed E-state index contributed by atoms with van der Waals surface area (Å²) in [4.78, 5) is 14.7. The molecule has 6 heteroatoms. The Morgan fingerprint density at radius 3 is 2.60 bits per heavy atom. The van der Waals surface area contributed by atoms with Crippen molar-refractivity contribution < 1.29 is 14.3 Å². The molecule has 0 spiro atoms. The summed E-state index contributed by atoms with van der Waals surface area (Å²) in [6.07, 6.45) is 1.90. The molecule has 0 unspecified atom stereocenters. The minimum Gasteiger partial charge on any atom is -0.497 e. The second-order valence-electron chi connectivity index (χ2n) is 5.90. The molecule has 0 bridgehead atoms. The maximum absolute atomic E-state index is 12.8. The third kappa shape index (κ3) is 3.82. The van der Waals surface area contributed by atoms with E-state index in [1.165, 1.54) is 0 Å². The molecule has 3 rings (SSSR count). The van der Waals surface area contributed by atoms with Gasteiger partial charge in [0.15, 0.2) is 0 Å². The number of rotatable bonds is 4. The van der Waals surface area contributed by atoms with Crippen molar-refractivity contribution in [2.45, 2.75) is 18.9 Å². The van der Waals surface area contributed by atoms with Crippen molar-refractivity contribution >= 4 is 23.3 Å². The average Bonchev–Trinajstić information content (AvgIpc) is 3.12. The standard InChI is InChI=1S/C19H21ClN2O3/c1-24-15-9-10-18(25-2)16(12-15)21-19(23)22-11-3-4-17(22)13-5-7-14(20)8-6-13/h5-10,12,17H,3-4,11H2,1-2H3,(H,21,23)/t17-/m1/s1.